The van der Waals surface area contributed by atoms with Crippen molar-refractivity contribution in [2.24, 2.45) is 0 Å². The third-order valence-corrected chi connectivity index (χ3v) is 4.36. The fourth-order valence-corrected chi connectivity index (χ4v) is 3.12. The number of anilines is 1. The molecule has 126 valence electrons. The molecular formula is C16H20N6OS. The first kappa shape index (κ1) is 16.3. The molecule has 3 rings (SSSR count). The highest BCUT2D eigenvalue weighted by Gasteiger charge is 2.12. The quantitative estimate of drug-likeness (QED) is 0.642. The van der Waals surface area contributed by atoms with Gasteiger partial charge in [-0.15, -0.1) is 11.3 Å². The monoisotopic (exact) mass is 344 g/mol. The molecule has 2 amide bonds. The first-order valence-corrected chi connectivity index (χ1v) is 8.60. The van der Waals surface area contributed by atoms with Crippen LogP contribution in [0.3, 0.4) is 0 Å². The van der Waals surface area contributed by atoms with E-state index in [2.05, 4.69) is 25.9 Å². The molecule has 8 heteroatoms. The number of aromatic nitrogens is 4. The van der Waals surface area contributed by atoms with E-state index in [0.29, 0.717) is 18.8 Å². The molecule has 0 aliphatic carbocycles. The minimum Gasteiger partial charge on any atom is -0.335 e. The van der Waals surface area contributed by atoms with Crippen LogP contribution in [0.15, 0.2) is 35.8 Å². The van der Waals surface area contributed by atoms with Gasteiger partial charge in [0.25, 0.3) is 0 Å². The number of carbonyl (C=O) groups is 1. The summed E-state index contributed by atoms with van der Waals surface area (Å²) in [4.78, 5) is 13.4. The van der Waals surface area contributed by atoms with Crippen molar-refractivity contribution in [3.8, 4) is 0 Å². The van der Waals surface area contributed by atoms with Crippen molar-refractivity contribution in [1.82, 2.24) is 25.3 Å². The van der Waals surface area contributed by atoms with Gasteiger partial charge in [0.2, 0.25) is 0 Å². The molecule has 3 aromatic heterocycles. The van der Waals surface area contributed by atoms with E-state index in [1.54, 1.807) is 28.3 Å². The summed E-state index contributed by atoms with van der Waals surface area (Å²) in [5, 5.41) is 19.1. The van der Waals surface area contributed by atoms with Gasteiger partial charge in [-0.3, -0.25) is 10.4 Å². The number of nitrogens with one attached hydrogen (secondary N) is 3. The van der Waals surface area contributed by atoms with Crippen LogP contribution in [0, 0.1) is 6.92 Å². The number of carbonyl (C=O) groups excluding carboxylic acids is 1. The van der Waals surface area contributed by atoms with Crippen LogP contribution < -0.4 is 10.6 Å². The maximum atomic E-state index is 12.2. The van der Waals surface area contributed by atoms with E-state index >= 15 is 0 Å². The Balaban J connectivity index is 1.54. The number of H-pyrrole nitrogens is 1. The third kappa shape index (κ3) is 4.23. The molecule has 0 spiro atoms. The second-order valence-corrected chi connectivity index (χ2v) is 6.73. The van der Waals surface area contributed by atoms with E-state index < -0.39 is 0 Å². The van der Waals surface area contributed by atoms with Gasteiger partial charge in [0.1, 0.15) is 5.82 Å². The van der Waals surface area contributed by atoms with E-state index in [1.165, 1.54) is 4.88 Å². The molecule has 0 saturated carbocycles. The lowest BCUT2D eigenvalue weighted by Crippen LogP contribution is -2.37. The second-order valence-electron chi connectivity index (χ2n) is 5.70. The lowest BCUT2D eigenvalue weighted by atomic mass is 10.2. The van der Waals surface area contributed by atoms with Gasteiger partial charge in [-0.1, -0.05) is 6.07 Å². The molecule has 7 nitrogen and oxygen atoms in total. The first-order valence-electron chi connectivity index (χ1n) is 7.73. The molecule has 1 atom stereocenters. The largest absolute Gasteiger partial charge is 0.335 e. The number of thiophene rings is 1. The predicted molar refractivity (Wildman–Crippen MR) is 94.3 cm³/mol. The number of rotatable bonds is 6. The molecule has 3 N–H and O–H groups in total. The highest BCUT2D eigenvalue weighted by Crippen LogP contribution is 2.14. The maximum absolute atomic E-state index is 12.2. The Kier molecular flexibility index (Phi) is 4.95. The van der Waals surface area contributed by atoms with E-state index in [9.17, 15) is 4.79 Å². The molecule has 3 aromatic rings. The van der Waals surface area contributed by atoms with Crippen LogP contribution in [-0.2, 0) is 13.0 Å². The van der Waals surface area contributed by atoms with Crippen LogP contribution in [0.25, 0.3) is 0 Å². The van der Waals surface area contributed by atoms with Gasteiger partial charge in [0.05, 0.1) is 18.4 Å². The van der Waals surface area contributed by atoms with Crippen LogP contribution in [-0.4, -0.2) is 32.1 Å². The number of hydrogen-bond donors (Lipinski definition) is 3. The number of aromatic amines is 1. The van der Waals surface area contributed by atoms with Crippen LogP contribution in [0.5, 0.6) is 0 Å². The van der Waals surface area contributed by atoms with E-state index in [4.69, 9.17) is 0 Å². The molecular weight excluding hydrogens is 324 g/mol. The molecule has 0 unspecified atom stereocenters. The zero-order valence-corrected chi connectivity index (χ0v) is 14.4. The summed E-state index contributed by atoms with van der Waals surface area (Å²) >= 11 is 1.66. The molecule has 0 aliphatic rings. The van der Waals surface area contributed by atoms with Gasteiger partial charge >= 0.3 is 6.03 Å². The average Bonchev–Trinajstić information content (AvgIpc) is 3.24. The van der Waals surface area contributed by atoms with Crippen molar-refractivity contribution >= 4 is 23.2 Å². The van der Waals surface area contributed by atoms with Gasteiger partial charge in [0.15, 0.2) is 0 Å². The Bertz CT molecular complexity index is 791. The van der Waals surface area contributed by atoms with Crippen molar-refractivity contribution in [3.05, 3.63) is 52.1 Å². The molecule has 0 aromatic carbocycles. The smallest absolute Gasteiger partial charge is 0.320 e. The van der Waals surface area contributed by atoms with Gasteiger partial charge in [-0.05, 0) is 31.4 Å². The van der Waals surface area contributed by atoms with Crippen molar-refractivity contribution < 1.29 is 4.79 Å². The van der Waals surface area contributed by atoms with Crippen molar-refractivity contribution in [2.45, 2.75) is 32.9 Å². The lowest BCUT2D eigenvalue weighted by Gasteiger charge is -2.14. The molecule has 3 heterocycles. The summed E-state index contributed by atoms with van der Waals surface area (Å²) in [7, 11) is 0. The summed E-state index contributed by atoms with van der Waals surface area (Å²) in [6, 6.07) is 7.54. The normalized spacial score (nSPS) is 12.1. The number of aryl methyl sites for hydroxylation is 1. The zero-order chi connectivity index (χ0) is 16.9. The number of nitrogens with zero attached hydrogens (tertiary/aromatic N) is 3. The summed E-state index contributed by atoms with van der Waals surface area (Å²) in [5.74, 6) is 0.670. The summed E-state index contributed by atoms with van der Waals surface area (Å²) < 4.78 is 1.77. The minimum atomic E-state index is -0.248. The summed E-state index contributed by atoms with van der Waals surface area (Å²) in [6.07, 6.45) is 2.35. The predicted octanol–water partition coefficient (Wildman–Crippen LogP) is 2.78. The van der Waals surface area contributed by atoms with E-state index in [-0.39, 0.29) is 12.1 Å². The topological polar surface area (TPSA) is 87.6 Å². The summed E-state index contributed by atoms with van der Waals surface area (Å²) in [5.41, 5.74) is 1.95. The zero-order valence-electron chi connectivity index (χ0n) is 13.6. The number of hydrogen-bond acceptors (Lipinski definition) is 4. The highest BCUT2D eigenvalue weighted by atomic mass is 32.1. The molecule has 0 fully saturated rings. The van der Waals surface area contributed by atoms with Gasteiger partial charge < -0.3 is 5.32 Å². The second kappa shape index (κ2) is 7.31. The first-order chi connectivity index (χ1) is 11.6. The maximum Gasteiger partial charge on any atom is 0.320 e. The van der Waals surface area contributed by atoms with Crippen molar-refractivity contribution in [2.75, 3.05) is 5.32 Å². The Hall–Kier alpha value is -2.61. The minimum absolute atomic E-state index is 0.0265. The standard InChI is InChI=1S/C16H20N6OS/c1-11(8-13-9-12(2)20-21-13)18-16(23)19-15-5-6-17-22(15)10-14-4-3-7-24-14/h3-7,9,11H,8,10H2,1-2H3,(H,20,21)(H2,18,19,23)/t11-/m1/s1. The van der Waals surface area contributed by atoms with Crippen LogP contribution in [0.1, 0.15) is 23.2 Å². The molecule has 0 radical (unpaired) electrons. The number of urea groups is 1. The SMILES string of the molecule is Cc1cc(C[C@@H](C)NC(=O)Nc2ccnn2Cc2cccs2)n[nH]1. The van der Waals surface area contributed by atoms with E-state index in [0.717, 1.165) is 11.4 Å². The van der Waals surface area contributed by atoms with Gasteiger partial charge in [-0.2, -0.15) is 10.2 Å². The highest BCUT2D eigenvalue weighted by molar-refractivity contribution is 7.09. The molecule has 24 heavy (non-hydrogen) atoms. The Morgan fingerprint density at radius 2 is 2.33 bits per heavy atom. The third-order valence-electron chi connectivity index (χ3n) is 3.50. The Morgan fingerprint density at radius 3 is 3.04 bits per heavy atom. The number of amides is 2. The van der Waals surface area contributed by atoms with Crippen LogP contribution >= 0.6 is 11.3 Å². The molecule has 0 saturated heterocycles. The van der Waals surface area contributed by atoms with Gasteiger partial charge in [0, 0.05) is 29.1 Å². The van der Waals surface area contributed by atoms with Crippen LogP contribution in [0.2, 0.25) is 0 Å². The fourth-order valence-electron chi connectivity index (χ4n) is 2.43. The van der Waals surface area contributed by atoms with E-state index in [1.807, 2.05) is 37.4 Å². The Labute approximate surface area is 144 Å². The average molecular weight is 344 g/mol. The Morgan fingerprint density at radius 1 is 1.46 bits per heavy atom. The molecule has 0 bridgehead atoms. The van der Waals surface area contributed by atoms with Crippen molar-refractivity contribution in [1.29, 1.82) is 0 Å². The van der Waals surface area contributed by atoms with Crippen molar-refractivity contribution in [3.63, 3.8) is 0 Å². The fraction of sp³-hybridized carbons (Fsp3) is 0.312. The van der Waals surface area contributed by atoms with Gasteiger partial charge in [-0.25, -0.2) is 9.48 Å². The summed E-state index contributed by atoms with van der Waals surface area (Å²) in [6.45, 7) is 4.55. The van der Waals surface area contributed by atoms with Crippen LogP contribution in [0.4, 0.5) is 10.6 Å². The lowest BCUT2D eigenvalue weighted by molar-refractivity contribution is 0.249. The molecule has 0 aliphatic heterocycles.